The average Bonchev–Trinajstić information content (AvgIpc) is 3.36. The van der Waals surface area contributed by atoms with Gasteiger partial charge in [0.1, 0.15) is 5.82 Å². The minimum atomic E-state index is 0.717. The van der Waals surface area contributed by atoms with Crippen LogP contribution in [0.5, 0.6) is 0 Å². The second-order valence-electron chi connectivity index (χ2n) is 8.43. The van der Waals surface area contributed by atoms with Crippen molar-refractivity contribution in [2.75, 3.05) is 36.5 Å². The zero-order chi connectivity index (χ0) is 23.5. The zero-order valence-electron chi connectivity index (χ0n) is 19.1. The maximum absolute atomic E-state index is 6.02. The van der Waals surface area contributed by atoms with Gasteiger partial charge in [0.05, 0.1) is 25.1 Å². The van der Waals surface area contributed by atoms with Crippen LogP contribution in [0.15, 0.2) is 79.5 Å². The van der Waals surface area contributed by atoms with E-state index in [0.717, 1.165) is 71.5 Å². The molecule has 0 bridgehead atoms. The van der Waals surface area contributed by atoms with Crippen molar-refractivity contribution >= 4 is 28.7 Å². The van der Waals surface area contributed by atoms with E-state index in [2.05, 4.69) is 76.2 Å². The molecule has 5 rings (SSSR count). The number of hydrogen-bond donors (Lipinski definition) is 2. The molecule has 1 aromatic heterocycles. The van der Waals surface area contributed by atoms with Crippen LogP contribution in [0.2, 0.25) is 5.02 Å². The minimum Gasteiger partial charge on any atom is -0.378 e. The summed E-state index contributed by atoms with van der Waals surface area (Å²) in [5.41, 5.74) is 8.27. The molecule has 34 heavy (non-hydrogen) atoms. The number of ether oxygens (including phenoxy) is 1. The topological polar surface area (TPSA) is 53.2 Å². The van der Waals surface area contributed by atoms with Gasteiger partial charge in [0.25, 0.3) is 0 Å². The number of H-pyrrole nitrogens is 1. The van der Waals surface area contributed by atoms with Gasteiger partial charge in [0.2, 0.25) is 0 Å². The van der Waals surface area contributed by atoms with Crippen LogP contribution in [0.4, 0.5) is 11.4 Å². The van der Waals surface area contributed by atoms with Crippen molar-refractivity contribution in [2.24, 2.45) is 0 Å². The standard InChI is InChI=1S/C28H27ClN4O/c1-19-3-10-24(17-26(19)28-30-18-27(32-28)22-4-8-23(29)9-5-22)31-20(2)21-6-11-25(12-7-21)33-13-15-34-16-14-33/h3-12,17-18,31H,2,13-16H2,1H3,(H,30,32). The molecular weight excluding hydrogens is 444 g/mol. The highest BCUT2D eigenvalue weighted by Gasteiger charge is 2.12. The fraction of sp³-hybridized carbons (Fsp3) is 0.179. The maximum Gasteiger partial charge on any atom is 0.138 e. The third-order valence-electron chi connectivity index (χ3n) is 6.11. The van der Waals surface area contributed by atoms with Gasteiger partial charge in [0.15, 0.2) is 0 Å². The van der Waals surface area contributed by atoms with Crippen LogP contribution >= 0.6 is 11.6 Å². The molecule has 4 aromatic rings. The van der Waals surface area contributed by atoms with Crippen LogP contribution in [0.1, 0.15) is 11.1 Å². The van der Waals surface area contributed by atoms with E-state index in [1.165, 1.54) is 5.69 Å². The number of benzene rings is 3. The SMILES string of the molecule is C=C(Nc1ccc(C)c(-c2ncc(-c3ccc(Cl)cc3)[nH]2)c1)c1ccc(N2CCOCC2)cc1. The van der Waals surface area contributed by atoms with Crippen LogP contribution < -0.4 is 10.2 Å². The van der Waals surface area contributed by atoms with Gasteiger partial charge in [-0.2, -0.15) is 0 Å². The lowest BCUT2D eigenvalue weighted by Gasteiger charge is -2.29. The molecule has 1 aliphatic rings. The summed E-state index contributed by atoms with van der Waals surface area (Å²) in [6.45, 7) is 9.76. The monoisotopic (exact) mass is 470 g/mol. The van der Waals surface area contributed by atoms with Gasteiger partial charge in [0, 0.05) is 40.7 Å². The molecule has 0 aliphatic carbocycles. The van der Waals surface area contributed by atoms with Gasteiger partial charge in [-0.05, 0) is 60.0 Å². The third-order valence-corrected chi connectivity index (χ3v) is 6.36. The number of nitrogens with one attached hydrogen (secondary N) is 2. The van der Waals surface area contributed by atoms with Crippen LogP contribution in [0.3, 0.4) is 0 Å². The number of imidazole rings is 1. The van der Waals surface area contributed by atoms with Gasteiger partial charge in [-0.15, -0.1) is 0 Å². The van der Waals surface area contributed by atoms with Crippen molar-refractivity contribution in [1.29, 1.82) is 0 Å². The summed E-state index contributed by atoms with van der Waals surface area (Å²) in [7, 11) is 0. The van der Waals surface area contributed by atoms with E-state index >= 15 is 0 Å². The number of rotatable bonds is 6. The van der Waals surface area contributed by atoms with E-state index in [0.29, 0.717) is 5.02 Å². The number of nitrogens with zero attached hydrogens (tertiary/aromatic N) is 2. The van der Waals surface area contributed by atoms with E-state index in [1.54, 1.807) is 0 Å². The Bertz CT molecular complexity index is 1290. The Hall–Kier alpha value is -3.54. The molecule has 2 N–H and O–H groups in total. The van der Waals surface area contributed by atoms with Crippen molar-refractivity contribution in [1.82, 2.24) is 9.97 Å². The molecule has 6 heteroatoms. The summed E-state index contributed by atoms with van der Waals surface area (Å²) in [6.07, 6.45) is 1.85. The molecule has 2 heterocycles. The quantitative estimate of drug-likeness (QED) is 0.332. The van der Waals surface area contributed by atoms with E-state index in [4.69, 9.17) is 16.3 Å². The fourth-order valence-corrected chi connectivity index (χ4v) is 4.26. The number of aromatic nitrogens is 2. The lowest BCUT2D eigenvalue weighted by atomic mass is 10.1. The molecule has 1 saturated heterocycles. The van der Waals surface area contributed by atoms with Crippen LogP contribution in [-0.4, -0.2) is 36.3 Å². The Morgan fingerprint density at radius 3 is 2.50 bits per heavy atom. The van der Waals surface area contributed by atoms with E-state index in [9.17, 15) is 0 Å². The number of morpholine rings is 1. The largest absolute Gasteiger partial charge is 0.378 e. The first-order chi connectivity index (χ1) is 16.6. The average molecular weight is 471 g/mol. The summed E-state index contributed by atoms with van der Waals surface area (Å²) in [4.78, 5) is 10.4. The van der Waals surface area contributed by atoms with Crippen molar-refractivity contribution < 1.29 is 4.74 Å². The van der Waals surface area contributed by atoms with Crippen LogP contribution in [0.25, 0.3) is 28.3 Å². The number of anilines is 2. The normalized spacial score (nSPS) is 13.6. The maximum atomic E-state index is 6.02. The molecule has 1 fully saturated rings. The molecule has 0 amide bonds. The third kappa shape index (κ3) is 4.86. The predicted octanol–water partition coefficient (Wildman–Crippen LogP) is 6.62. The van der Waals surface area contributed by atoms with Crippen molar-refractivity contribution in [3.63, 3.8) is 0 Å². The smallest absolute Gasteiger partial charge is 0.138 e. The van der Waals surface area contributed by atoms with Gasteiger partial charge in [-0.3, -0.25) is 0 Å². The molecule has 5 nitrogen and oxygen atoms in total. The van der Waals surface area contributed by atoms with E-state index in [1.807, 2.05) is 30.5 Å². The molecule has 0 unspecified atom stereocenters. The molecule has 3 aromatic carbocycles. The summed E-state index contributed by atoms with van der Waals surface area (Å²) in [5, 5.41) is 4.17. The zero-order valence-corrected chi connectivity index (χ0v) is 19.9. The summed E-state index contributed by atoms with van der Waals surface area (Å²) >= 11 is 6.02. The van der Waals surface area contributed by atoms with Crippen LogP contribution in [-0.2, 0) is 4.74 Å². The first-order valence-corrected chi connectivity index (χ1v) is 11.8. The number of halogens is 1. The number of hydrogen-bond acceptors (Lipinski definition) is 4. The second-order valence-corrected chi connectivity index (χ2v) is 8.87. The highest BCUT2D eigenvalue weighted by Crippen LogP contribution is 2.29. The lowest BCUT2D eigenvalue weighted by molar-refractivity contribution is 0.122. The summed E-state index contributed by atoms with van der Waals surface area (Å²) < 4.78 is 5.45. The van der Waals surface area contributed by atoms with E-state index in [-0.39, 0.29) is 0 Å². The summed E-state index contributed by atoms with van der Waals surface area (Å²) in [5.74, 6) is 0.826. The van der Waals surface area contributed by atoms with Gasteiger partial charge < -0.3 is 19.9 Å². The highest BCUT2D eigenvalue weighted by molar-refractivity contribution is 6.30. The first kappa shape index (κ1) is 22.3. The highest BCUT2D eigenvalue weighted by atomic mass is 35.5. The Morgan fingerprint density at radius 1 is 1.03 bits per heavy atom. The first-order valence-electron chi connectivity index (χ1n) is 11.4. The number of aryl methyl sites for hydroxylation is 1. The Balaban J connectivity index is 1.32. The second kappa shape index (κ2) is 9.75. The summed E-state index contributed by atoms with van der Waals surface area (Å²) in [6, 6.07) is 22.5. The molecule has 172 valence electrons. The van der Waals surface area contributed by atoms with Gasteiger partial charge in [-0.1, -0.05) is 48.5 Å². The molecule has 1 aliphatic heterocycles. The van der Waals surface area contributed by atoms with Gasteiger partial charge in [-0.25, -0.2) is 4.98 Å². The lowest BCUT2D eigenvalue weighted by Crippen LogP contribution is -2.36. The molecule has 0 radical (unpaired) electrons. The molecule has 0 spiro atoms. The fourth-order valence-electron chi connectivity index (χ4n) is 4.13. The van der Waals surface area contributed by atoms with E-state index < -0.39 is 0 Å². The number of aromatic amines is 1. The van der Waals surface area contributed by atoms with Gasteiger partial charge >= 0.3 is 0 Å². The minimum absolute atomic E-state index is 0.717. The predicted molar refractivity (Wildman–Crippen MR) is 141 cm³/mol. The van der Waals surface area contributed by atoms with Crippen LogP contribution in [0, 0.1) is 6.92 Å². The molecular formula is C28H27ClN4O. The Morgan fingerprint density at radius 2 is 1.76 bits per heavy atom. The van der Waals surface area contributed by atoms with Crippen molar-refractivity contribution in [3.8, 4) is 22.6 Å². The molecule has 0 saturated carbocycles. The Kier molecular flexibility index (Phi) is 6.39. The molecule has 0 atom stereocenters. The van der Waals surface area contributed by atoms with Crippen molar-refractivity contribution in [3.05, 3.63) is 95.7 Å². The van der Waals surface area contributed by atoms with Crippen molar-refractivity contribution in [2.45, 2.75) is 6.92 Å². The Labute approximate surface area is 205 Å².